The van der Waals surface area contributed by atoms with Crippen LogP contribution in [0.2, 0.25) is 0 Å². The van der Waals surface area contributed by atoms with E-state index in [9.17, 15) is 28.3 Å². The van der Waals surface area contributed by atoms with Gasteiger partial charge in [0.25, 0.3) is 11.8 Å². The van der Waals surface area contributed by atoms with Crippen LogP contribution in [0.3, 0.4) is 0 Å². The first-order valence-corrected chi connectivity index (χ1v) is 10.5. The van der Waals surface area contributed by atoms with Crippen LogP contribution in [0.1, 0.15) is 46.2 Å². The second-order valence-electron chi connectivity index (χ2n) is 8.01. The first-order chi connectivity index (χ1) is 15.3. The third kappa shape index (κ3) is 3.86. The van der Waals surface area contributed by atoms with Crippen LogP contribution in [-0.4, -0.2) is 57.1 Å². The fraction of sp³-hybridized carbons (Fsp3) is 0.409. The number of benzene rings is 1. The van der Waals surface area contributed by atoms with E-state index in [2.05, 4.69) is 10.2 Å². The SMILES string of the molecule is CCCN1CCCN2C(=O)c3c(O)c(=O)c(C(=O)NCc4ccc(F)cc4F)cn3CC12. The predicted molar refractivity (Wildman–Crippen MR) is 111 cm³/mol. The minimum Gasteiger partial charge on any atom is -0.503 e. The summed E-state index contributed by atoms with van der Waals surface area (Å²) < 4.78 is 28.3. The van der Waals surface area contributed by atoms with E-state index in [-0.39, 0.29) is 29.5 Å². The molecule has 1 saturated heterocycles. The molecule has 0 saturated carbocycles. The van der Waals surface area contributed by atoms with E-state index in [0.29, 0.717) is 19.2 Å². The van der Waals surface area contributed by atoms with Crippen LogP contribution in [0.5, 0.6) is 5.75 Å². The number of fused-ring (bicyclic) bond motifs is 2. The number of nitrogens with zero attached hydrogens (tertiary/aromatic N) is 3. The summed E-state index contributed by atoms with van der Waals surface area (Å²) in [6.45, 7) is 4.25. The molecule has 10 heteroatoms. The Labute approximate surface area is 183 Å². The molecule has 1 aromatic carbocycles. The first kappa shape index (κ1) is 21.9. The van der Waals surface area contributed by atoms with Crippen LogP contribution in [0.4, 0.5) is 8.78 Å². The molecule has 2 aliphatic rings. The van der Waals surface area contributed by atoms with E-state index in [0.717, 1.165) is 32.0 Å². The molecule has 1 fully saturated rings. The average molecular weight is 446 g/mol. The van der Waals surface area contributed by atoms with Gasteiger partial charge in [-0.3, -0.25) is 19.3 Å². The van der Waals surface area contributed by atoms with E-state index >= 15 is 0 Å². The summed E-state index contributed by atoms with van der Waals surface area (Å²) in [5.41, 5.74) is -1.41. The van der Waals surface area contributed by atoms with Crippen molar-refractivity contribution in [2.75, 3.05) is 19.6 Å². The van der Waals surface area contributed by atoms with Crippen LogP contribution < -0.4 is 10.7 Å². The summed E-state index contributed by atoms with van der Waals surface area (Å²) in [4.78, 5) is 42.2. The van der Waals surface area contributed by atoms with Crippen molar-refractivity contribution in [3.8, 4) is 5.75 Å². The summed E-state index contributed by atoms with van der Waals surface area (Å²) in [7, 11) is 0. The van der Waals surface area contributed by atoms with Crippen molar-refractivity contribution < 1.29 is 23.5 Å². The zero-order valence-electron chi connectivity index (χ0n) is 17.6. The predicted octanol–water partition coefficient (Wildman–Crippen LogP) is 1.66. The molecular formula is C22H24F2N4O4. The molecule has 4 rings (SSSR count). The molecule has 170 valence electrons. The lowest BCUT2D eigenvalue weighted by molar-refractivity contribution is -0.00994. The molecule has 1 atom stereocenters. The molecule has 3 heterocycles. The lowest BCUT2D eigenvalue weighted by Crippen LogP contribution is -2.60. The molecule has 2 aliphatic heterocycles. The number of rotatable bonds is 5. The lowest BCUT2D eigenvalue weighted by Gasteiger charge is -2.47. The molecule has 0 spiro atoms. The average Bonchev–Trinajstić information content (AvgIpc) is 2.76. The zero-order chi connectivity index (χ0) is 23.0. The molecule has 0 bridgehead atoms. The monoisotopic (exact) mass is 446 g/mol. The standard InChI is InChI=1S/C22H24F2N4O4/c1-2-6-26-7-3-8-28-17(26)12-27-11-15(19(29)20(30)18(27)22(28)32)21(31)25-10-13-4-5-14(23)9-16(13)24/h4-5,9,11,17,30H,2-3,6-8,10,12H2,1H3,(H,25,31). The van der Waals surface area contributed by atoms with Gasteiger partial charge in [-0.2, -0.15) is 0 Å². The molecule has 2 aromatic rings. The van der Waals surface area contributed by atoms with Crippen molar-refractivity contribution in [1.29, 1.82) is 0 Å². The number of pyridine rings is 1. The van der Waals surface area contributed by atoms with E-state index in [1.54, 1.807) is 4.90 Å². The van der Waals surface area contributed by atoms with Gasteiger partial charge in [0.05, 0.1) is 6.54 Å². The Morgan fingerprint density at radius 1 is 1.25 bits per heavy atom. The maximum atomic E-state index is 13.8. The maximum Gasteiger partial charge on any atom is 0.275 e. The Morgan fingerprint density at radius 2 is 2.03 bits per heavy atom. The highest BCUT2D eigenvalue weighted by molar-refractivity contribution is 5.99. The Morgan fingerprint density at radius 3 is 2.75 bits per heavy atom. The van der Waals surface area contributed by atoms with Crippen LogP contribution >= 0.6 is 0 Å². The number of halogens is 2. The van der Waals surface area contributed by atoms with E-state index in [1.165, 1.54) is 16.8 Å². The number of carbonyl (C=O) groups excluding carboxylic acids is 2. The Balaban J connectivity index is 1.62. The molecule has 1 unspecified atom stereocenters. The molecule has 8 nitrogen and oxygen atoms in total. The smallest absolute Gasteiger partial charge is 0.275 e. The fourth-order valence-electron chi connectivity index (χ4n) is 4.37. The van der Waals surface area contributed by atoms with Crippen LogP contribution in [0, 0.1) is 11.6 Å². The summed E-state index contributed by atoms with van der Waals surface area (Å²) in [5.74, 6) is -3.62. The van der Waals surface area contributed by atoms with E-state index < -0.39 is 34.6 Å². The van der Waals surface area contributed by atoms with Gasteiger partial charge in [0.1, 0.15) is 23.4 Å². The number of aromatic nitrogens is 1. The van der Waals surface area contributed by atoms with Crippen molar-refractivity contribution in [3.05, 3.63) is 63.1 Å². The topological polar surface area (TPSA) is 94.9 Å². The van der Waals surface area contributed by atoms with Gasteiger partial charge in [-0.1, -0.05) is 13.0 Å². The summed E-state index contributed by atoms with van der Waals surface area (Å²) in [6, 6.07) is 2.96. The molecule has 0 aliphatic carbocycles. The quantitative estimate of drug-likeness (QED) is 0.729. The lowest BCUT2D eigenvalue weighted by atomic mass is 10.1. The summed E-state index contributed by atoms with van der Waals surface area (Å²) in [5, 5.41) is 12.9. The Bertz CT molecular complexity index is 1130. The molecule has 2 amide bonds. The first-order valence-electron chi connectivity index (χ1n) is 10.5. The summed E-state index contributed by atoms with van der Waals surface area (Å²) in [6.07, 6.45) is 2.75. The molecular weight excluding hydrogens is 422 g/mol. The van der Waals surface area contributed by atoms with Crippen molar-refractivity contribution in [1.82, 2.24) is 19.7 Å². The van der Waals surface area contributed by atoms with Crippen molar-refractivity contribution >= 4 is 11.8 Å². The van der Waals surface area contributed by atoms with Crippen molar-refractivity contribution in [2.45, 2.75) is 39.0 Å². The van der Waals surface area contributed by atoms with Gasteiger partial charge in [0.15, 0.2) is 11.4 Å². The van der Waals surface area contributed by atoms with Crippen LogP contribution in [0.15, 0.2) is 29.2 Å². The van der Waals surface area contributed by atoms with Crippen LogP contribution in [-0.2, 0) is 13.1 Å². The largest absolute Gasteiger partial charge is 0.503 e. The van der Waals surface area contributed by atoms with Gasteiger partial charge < -0.3 is 19.9 Å². The van der Waals surface area contributed by atoms with Crippen LogP contribution in [0.25, 0.3) is 0 Å². The summed E-state index contributed by atoms with van der Waals surface area (Å²) >= 11 is 0. The number of amides is 2. The maximum absolute atomic E-state index is 13.8. The Hall–Kier alpha value is -3.27. The normalized spacial score (nSPS) is 18.3. The van der Waals surface area contributed by atoms with Gasteiger partial charge in [0.2, 0.25) is 5.43 Å². The minimum atomic E-state index is -0.970. The van der Waals surface area contributed by atoms with Gasteiger partial charge in [-0.05, 0) is 25.5 Å². The highest BCUT2D eigenvalue weighted by Gasteiger charge is 2.40. The second-order valence-corrected chi connectivity index (χ2v) is 8.01. The highest BCUT2D eigenvalue weighted by atomic mass is 19.1. The molecule has 32 heavy (non-hydrogen) atoms. The van der Waals surface area contributed by atoms with Gasteiger partial charge in [-0.25, -0.2) is 8.78 Å². The minimum absolute atomic E-state index is 0.0465. The third-order valence-electron chi connectivity index (χ3n) is 5.92. The van der Waals surface area contributed by atoms with Gasteiger partial charge >= 0.3 is 0 Å². The number of aromatic hydroxyl groups is 1. The van der Waals surface area contributed by atoms with Crippen molar-refractivity contribution in [3.63, 3.8) is 0 Å². The number of hydrogen-bond donors (Lipinski definition) is 2. The van der Waals surface area contributed by atoms with Crippen molar-refractivity contribution in [2.24, 2.45) is 0 Å². The second kappa shape index (κ2) is 8.70. The molecule has 2 N–H and O–H groups in total. The zero-order valence-corrected chi connectivity index (χ0v) is 17.6. The van der Waals surface area contributed by atoms with Gasteiger partial charge in [-0.15, -0.1) is 0 Å². The highest BCUT2D eigenvalue weighted by Crippen LogP contribution is 2.28. The van der Waals surface area contributed by atoms with Gasteiger partial charge in [0, 0.05) is 37.5 Å². The number of hydrogen-bond acceptors (Lipinski definition) is 5. The number of nitrogens with one attached hydrogen (secondary N) is 1. The van der Waals surface area contributed by atoms with E-state index in [1.807, 2.05) is 6.92 Å². The third-order valence-corrected chi connectivity index (χ3v) is 5.92. The Kier molecular flexibility index (Phi) is 5.96. The number of carbonyl (C=O) groups is 2. The molecule has 0 radical (unpaired) electrons. The van der Waals surface area contributed by atoms with E-state index in [4.69, 9.17) is 0 Å². The fourth-order valence-corrected chi connectivity index (χ4v) is 4.37. The molecule has 1 aromatic heterocycles.